The first-order chi connectivity index (χ1) is 12.6. The molecule has 0 saturated heterocycles. The number of aryl methyl sites for hydroxylation is 1. The molecule has 0 fully saturated rings. The van der Waals surface area contributed by atoms with Crippen LogP contribution in [0.4, 0.5) is 0 Å². The number of rotatable bonds is 4. The number of benzene rings is 2. The second-order valence-electron chi connectivity index (χ2n) is 6.18. The first kappa shape index (κ1) is 16.1. The third-order valence-electron chi connectivity index (χ3n) is 4.30. The third-order valence-corrected chi connectivity index (χ3v) is 4.30. The monoisotopic (exact) mass is 346 g/mol. The van der Waals surface area contributed by atoms with E-state index < -0.39 is 0 Å². The number of hydrogen-bond acceptors (Lipinski definition) is 4. The molecule has 0 aliphatic carbocycles. The number of nitrogens with one attached hydrogen (secondary N) is 1. The Morgan fingerprint density at radius 2 is 1.96 bits per heavy atom. The molecular formula is C20H18N4O2. The Bertz CT molecular complexity index is 1130. The van der Waals surface area contributed by atoms with E-state index >= 15 is 0 Å². The maximum absolute atomic E-state index is 12.7. The average Bonchev–Trinajstić information content (AvgIpc) is 3.07. The fourth-order valence-corrected chi connectivity index (χ4v) is 2.90. The van der Waals surface area contributed by atoms with E-state index in [1.54, 1.807) is 13.4 Å². The maximum Gasteiger partial charge on any atom is 0.277 e. The van der Waals surface area contributed by atoms with E-state index in [1.165, 1.54) is 5.56 Å². The van der Waals surface area contributed by atoms with E-state index in [9.17, 15) is 4.79 Å². The van der Waals surface area contributed by atoms with Crippen LogP contribution in [0.15, 0.2) is 59.7 Å². The number of aromatic amines is 1. The van der Waals surface area contributed by atoms with Crippen molar-refractivity contribution in [2.75, 3.05) is 7.11 Å². The fourth-order valence-electron chi connectivity index (χ4n) is 2.90. The van der Waals surface area contributed by atoms with Gasteiger partial charge in [-0.25, -0.2) is 9.97 Å². The molecule has 6 heteroatoms. The number of methoxy groups -OCH3 is 1. The molecule has 0 saturated carbocycles. The number of hydrogen-bond donors (Lipinski definition) is 1. The molecule has 26 heavy (non-hydrogen) atoms. The van der Waals surface area contributed by atoms with E-state index in [0.29, 0.717) is 29.3 Å². The minimum atomic E-state index is -0.211. The number of H-pyrrole nitrogens is 1. The summed E-state index contributed by atoms with van der Waals surface area (Å²) in [6.07, 6.45) is 1.65. The molecular weight excluding hydrogens is 328 g/mol. The Labute approximate surface area is 150 Å². The van der Waals surface area contributed by atoms with Crippen LogP contribution in [-0.4, -0.2) is 26.6 Å². The second-order valence-corrected chi connectivity index (χ2v) is 6.18. The topological polar surface area (TPSA) is 72.8 Å². The number of fused-ring (bicyclic) bond motifs is 1. The van der Waals surface area contributed by atoms with Gasteiger partial charge in [0.1, 0.15) is 11.6 Å². The molecule has 0 unspecified atom stereocenters. The molecule has 4 rings (SSSR count). The summed E-state index contributed by atoms with van der Waals surface area (Å²) in [5.41, 5.74) is 3.77. The van der Waals surface area contributed by atoms with Crippen LogP contribution in [-0.2, 0) is 6.54 Å². The molecule has 0 aliphatic heterocycles. The normalized spacial score (nSPS) is 11.0. The highest BCUT2D eigenvalue weighted by Crippen LogP contribution is 2.21. The van der Waals surface area contributed by atoms with Crippen LogP contribution in [0.2, 0.25) is 0 Å². The number of ether oxygens (including phenoxy) is 1. The van der Waals surface area contributed by atoms with Gasteiger partial charge in [0.25, 0.3) is 5.56 Å². The molecule has 0 aliphatic rings. The average molecular weight is 346 g/mol. The number of nitrogens with zero attached hydrogens (tertiary/aromatic N) is 3. The quantitative estimate of drug-likeness (QED) is 0.616. The Hall–Kier alpha value is -3.41. The van der Waals surface area contributed by atoms with Crippen molar-refractivity contribution in [2.24, 2.45) is 0 Å². The van der Waals surface area contributed by atoms with Crippen LogP contribution in [0.25, 0.3) is 22.6 Å². The highest BCUT2D eigenvalue weighted by atomic mass is 16.5. The van der Waals surface area contributed by atoms with Gasteiger partial charge in [-0.3, -0.25) is 4.79 Å². The zero-order valence-corrected chi connectivity index (χ0v) is 14.6. The van der Waals surface area contributed by atoms with E-state index in [-0.39, 0.29) is 5.56 Å². The van der Waals surface area contributed by atoms with Crippen molar-refractivity contribution in [1.82, 2.24) is 19.5 Å². The summed E-state index contributed by atoms with van der Waals surface area (Å²) in [6.45, 7) is 2.62. The van der Waals surface area contributed by atoms with Gasteiger partial charge in [-0.15, -0.1) is 0 Å². The van der Waals surface area contributed by atoms with E-state index in [4.69, 9.17) is 4.74 Å². The van der Waals surface area contributed by atoms with Crippen LogP contribution in [0, 0.1) is 6.92 Å². The predicted octanol–water partition coefficient (Wildman–Crippen LogP) is 3.15. The molecule has 0 spiro atoms. The summed E-state index contributed by atoms with van der Waals surface area (Å²) in [4.78, 5) is 24.4. The molecule has 0 bridgehead atoms. The summed E-state index contributed by atoms with van der Waals surface area (Å²) >= 11 is 0. The Balaban J connectivity index is 1.75. The van der Waals surface area contributed by atoms with Crippen molar-refractivity contribution in [3.63, 3.8) is 0 Å². The highest BCUT2D eigenvalue weighted by molar-refractivity contribution is 5.73. The Morgan fingerprint density at radius 1 is 1.15 bits per heavy atom. The first-order valence-electron chi connectivity index (χ1n) is 8.29. The summed E-state index contributed by atoms with van der Waals surface area (Å²) in [7, 11) is 1.60. The SMILES string of the molecule is COc1cccc(-c2nc3ncn(Cc4ccc(C)cc4)c3c(=O)[nH]2)c1. The lowest BCUT2D eigenvalue weighted by atomic mass is 10.1. The summed E-state index contributed by atoms with van der Waals surface area (Å²) < 4.78 is 7.05. The fraction of sp³-hybridized carbons (Fsp3) is 0.150. The molecule has 0 atom stereocenters. The highest BCUT2D eigenvalue weighted by Gasteiger charge is 2.12. The van der Waals surface area contributed by atoms with Crippen LogP contribution in [0.5, 0.6) is 5.75 Å². The van der Waals surface area contributed by atoms with Gasteiger partial charge in [-0.05, 0) is 24.6 Å². The van der Waals surface area contributed by atoms with E-state index in [2.05, 4.69) is 27.1 Å². The number of aromatic nitrogens is 4. The summed E-state index contributed by atoms with van der Waals surface area (Å²) in [5.74, 6) is 1.18. The molecule has 2 heterocycles. The van der Waals surface area contributed by atoms with Gasteiger partial charge < -0.3 is 14.3 Å². The lowest BCUT2D eigenvalue weighted by Crippen LogP contribution is -2.13. The molecule has 2 aromatic carbocycles. The Morgan fingerprint density at radius 3 is 2.73 bits per heavy atom. The lowest BCUT2D eigenvalue weighted by molar-refractivity contribution is 0.415. The van der Waals surface area contributed by atoms with Crippen LogP contribution >= 0.6 is 0 Å². The minimum Gasteiger partial charge on any atom is -0.497 e. The first-order valence-corrected chi connectivity index (χ1v) is 8.29. The van der Waals surface area contributed by atoms with E-state index in [0.717, 1.165) is 11.1 Å². The van der Waals surface area contributed by atoms with Crippen LogP contribution < -0.4 is 10.3 Å². The van der Waals surface area contributed by atoms with Crippen molar-refractivity contribution in [3.05, 3.63) is 76.3 Å². The zero-order chi connectivity index (χ0) is 18.1. The molecule has 2 aromatic heterocycles. The van der Waals surface area contributed by atoms with Crippen LogP contribution in [0.3, 0.4) is 0 Å². The van der Waals surface area contributed by atoms with Gasteiger partial charge in [0.15, 0.2) is 11.2 Å². The van der Waals surface area contributed by atoms with Gasteiger partial charge in [-0.1, -0.05) is 42.0 Å². The zero-order valence-electron chi connectivity index (χ0n) is 14.6. The van der Waals surface area contributed by atoms with E-state index in [1.807, 2.05) is 47.9 Å². The number of imidazole rings is 1. The Kier molecular flexibility index (Phi) is 4.01. The molecule has 4 aromatic rings. The molecule has 0 radical (unpaired) electrons. The van der Waals surface area contributed by atoms with Crippen molar-refractivity contribution >= 4 is 11.2 Å². The van der Waals surface area contributed by atoms with Crippen molar-refractivity contribution in [2.45, 2.75) is 13.5 Å². The third kappa shape index (κ3) is 2.97. The molecule has 0 amide bonds. The van der Waals surface area contributed by atoms with Crippen molar-refractivity contribution < 1.29 is 4.74 Å². The standard InChI is InChI=1S/C20H18N4O2/c1-13-6-8-14(9-7-13)11-24-12-21-19-17(24)20(25)23-18(22-19)15-4-3-5-16(10-15)26-2/h3-10,12H,11H2,1-2H3,(H,22,23,25). The van der Waals surface area contributed by atoms with Gasteiger partial charge >= 0.3 is 0 Å². The maximum atomic E-state index is 12.7. The second kappa shape index (κ2) is 6.48. The van der Waals surface area contributed by atoms with Gasteiger partial charge in [0.2, 0.25) is 0 Å². The molecule has 6 nitrogen and oxygen atoms in total. The van der Waals surface area contributed by atoms with Crippen LogP contribution in [0.1, 0.15) is 11.1 Å². The molecule has 1 N–H and O–H groups in total. The smallest absolute Gasteiger partial charge is 0.277 e. The summed E-state index contributed by atoms with van der Waals surface area (Å²) in [6, 6.07) is 15.6. The van der Waals surface area contributed by atoms with Gasteiger partial charge in [-0.2, -0.15) is 0 Å². The summed E-state index contributed by atoms with van der Waals surface area (Å²) in [5, 5.41) is 0. The predicted molar refractivity (Wildman–Crippen MR) is 100 cm³/mol. The van der Waals surface area contributed by atoms with Crippen molar-refractivity contribution in [1.29, 1.82) is 0 Å². The van der Waals surface area contributed by atoms with Gasteiger partial charge in [0, 0.05) is 12.1 Å². The largest absolute Gasteiger partial charge is 0.497 e. The minimum absolute atomic E-state index is 0.211. The lowest BCUT2D eigenvalue weighted by Gasteiger charge is -2.06. The van der Waals surface area contributed by atoms with Gasteiger partial charge in [0.05, 0.1) is 13.4 Å². The van der Waals surface area contributed by atoms with Crippen molar-refractivity contribution in [3.8, 4) is 17.1 Å². The molecule has 130 valence electrons.